The number of carbonyl (C=O) groups is 1. The highest BCUT2D eigenvalue weighted by molar-refractivity contribution is 5.95. The van der Waals surface area contributed by atoms with Crippen LogP contribution < -0.4 is 15.1 Å². The van der Waals surface area contributed by atoms with Crippen molar-refractivity contribution in [2.45, 2.75) is 18.8 Å². The summed E-state index contributed by atoms with van der Waals surface area (Å²) in [6.07, 6.45) is 8.40. The molecular weight excluding hydrogens is 406 g/mol. The summed E-state index contributed by atoms with van der Waals surface area (Å²) in [5.41, 5.74) is 2.84. The maximum absolute atomic E-state index is 13.0. The SMILES string of the molecule is O=C(c1cccc(N2C=C(Nc3cc(C4CC4)[nH]n3)[NH+]3C=CN=C3C2)c1)N1CCOCC1. The number of benzene rings is 1. The minimum absolute atomic E-state index is 0.0470. The van der Waals surface area contributed by atoms with Gasteiger partial charge in [0.2, 0.25) is 11.7 Å². The number of anilines is 2. The number of morpholine rings is 1. The molecule has 3 aliphatic heterocycles. The normalized spacial score (nSPS) is 22.4. The molecule has 1 unspecified atom stereocenters. The average Bonchev–Trinajstić information content (AvgIpc) is 3.39. The summed E-state index contributed by atoms with van der Waals surface area (Å²) in [6.45, 7) is 3.10. The van der Waals surface area contributed by atoms with Crippen LogP contribution in [0.3, 0.4) is 0 Å². The molecule has 9 heteroatoms. The van der Waals surface area contributed by atoms with Crippen molar-refractivity contribution in [1.29, 1.82) is 0 Å². The number of fused-ring (bicyclic) bond motifs is 1. The number of amides is 1. The molecule has 9 nitrogen and oxygen atoms in total. The van der Waals surface area contributed by atoms with E-state index in [9.17, 15) is 4.79 Å². The summed E-state index contributed by atoms with van der Waals surface area (Å²) in [4.78, 5) is 22.6. The van der Waals surface area contributed by atoms with Gasteiger partial charge < -0.3 is 14.5 Å². The number of aromatic amines is 1. The van der Waals surface area contributed by atoms with Gasteiger partial charge in [0.25, 0.3) is 5.91 Å². The molecule has 3 N–H and O–H groups in total. The molecule has 0 bridgehead atoms. The maximum Gasteiger partial charge on any atom is 0.254 e. The number of hydrogen-bond donors (Lipinski definition) is 3. The van der Waals surface area contributed by atoms with E-state index in [1.54, 1.807) is 0 Å². The number of rotatable bonds is 5. The molecule has 0 radical (unpaired) electrons. The number of amidine groups is 1. The van der Waals surface area contributed by atoms with Gasteiger partial charge in [-0.2, -0.15) is 5.10 Å². The number of quaternary nitrogens is 1. The second-order valence-electron chi connectivity index (χ2n) is 8.54. The highest BCUT2D eigenvalue weighted by Crippen LogP contribution is 2.39. The van der Waals surface area contributed by atoms with Crippen LogP contribution in [0, 0.1) is 0 Å². The van der Waals surface area contributed by atoms with Crippen molar-refractivity contribution in [2.24, 2.45) is 4.99 Å². The first kappa shape index (κ1) is 19.3. The van der Waals surface area contributed by atoms with Crippen molar-refractivity contribution in [3.05, 3.63) is 66.0 Å². The fraction of sp³-hybridized carbons (Fsp3) is 0.348. The third-order valence-corrected chi connectivity index (χ3v) is 6.28. The fourth-order valence-electron chi connectivity index (χ4n) is 4.35. The predicted octanol–water partition coefficient (Wildman–Crippen LogP) is 1.26. The van der Waals surface area contributed by atoms with Gasteiger partial charge in [0.05, 0.1) is 25.6 Å². The highest BCUT2D eigenvalue weighted by atomic mass is 16.5. The molecule has 1 saturated carbocycles. The molecule has 1 aromatic heterocycles. The summed E-state index contributed by atoms with van der Waals surface area (Å²) >= 11 is 0. The lowest BCUT2D eigenvalue weighted by Crippen LogP contribution is -3.10. The van der Waals surface area contributed by atoms with E-state index in [0.717, 1.165) is 28.1 Å². The number of aromatic nitrogens is 2. The maximum atomic E-state index is 13.0. The topological polar surface area (TPSA) is 90.3 Å². The number of aliphatic imine (C=N–C) groups is 1. The number of hydrogen-bond acceptors (Lipinski definition) is 6. The Morgan fingerprint density at radius 1 is 1.22 bits per heavy atom. The van der Waals surface area contributed by atoms with E-state index in [1.165, 1.54) is 18.5 Å². The zero-order valence-corrected chi connectivity index (χ0v) is 17.8. The second kappa shape index (κ2) is 7.92. The van der Waals surface area contributed by atoms with Crippen LogP contribution in [-0.2, 0) is 4.74 Å². The molecule has 4 heterocycles. The zero-order valence-electron chi connectivity index (χ0n) is 17.8. The molecule has 1 saturated heterocycles. The van der Waals surface area contributed by atoms with Crippen molar-refractivity contribution in [3.8, 4) is 0 Å². The largest absolute Gasteiger partial charge is 0.378 e. The van der Waals surface area contributed by atoms with Crippen LogP contribution in [-0.4, -0.2) is 59.7 Å². The standard InChI is InChI=1S/C23H25N7O2/c31-23(28-8-10-32-11-9-28)17-2-1-3-18(12-17)29-14-21-24-6-7-30(21)22(15-29)25-20-13-19(26-27-20)16-4-5-16/h1-3,6-7,12-13,15-16H,4-5,8-11,14H2,(H2,25,26,27)/p+1. The molecule has 1 aromatic carbocycles. The molecule has 4 aliphatic rings. The summed E-state index contributed by atoms with van der Waals surface area (Å²) in [5.74, 6) is 3.42. The molecule has 1 atom stereocenters. The third kappa shape index (κ3) is 3.69. The first-order chi connectivity index (χ1) is 15.7. The second-order valence-corrected chi connectivity index (χ2v) is 8.54. The Labute approximate surface area is 186 Å². The van der Waals surface area contributed by atoms with Crippen LogP contribution in [0.4, 0.5) is 11.5 Å². The molecule has 164 valence electrons. The Balaban J connectivity index is 1.26. The van der Waals surface area contributed by atoms with Gasteiger partial charge in [-0.05, 0) is 31.0 Å². The van der Waals surface area contributed by atoms with Crippen molar-refractivity contribution in [3.63, 3.8) is 0 Å². The van der Waals surface area contributed by atoms with Crippen molar-refractivity contribution in [2.75, 3.05) is 43.1 Å². The lowest BCUT2D eigenvalue weighted by molar-refractivity contribution is -0.698. The van der Waals surface area contributed by atoms with Gasteiger partial charge in [0.1, 0.15) is 12.7 Å². The van der Waals surface area contributed by atoms with Gasteiger partial charge in [-0.1, -0.05) is 6.07 Å². The monoisotopic (exact) mass is 432 g/mol. The van der Waals surface area contributed by atoms with Crippen LogP contribution in [0.15, 0.2) is 59.7 Å². The smallest absolute Gasteiger partial charge is 0.254 e. The Morgan fingerprint density at radius 3 is 2.94 bits per heavy atom. The van der Waals surface area contributed by atoms with E-state index in [4.69, 9.17) is 4.74 Å². The van der Waals surface area contributed by atoms with Gasteiger partial charge in [-0.3, -0.25) is 15.2 Å². The van der Waals surface area contributed by atoms with Crippen LogP contribution in [0.1, 0.15) is 34.8 Å². The minimum Gasteiger partial charge on any atom is -0.378 e. The molecular formula is C23H26N7O2+. The summed E-state index contributed by atoms with van der Waals surface area (Å²) in [5, 5.41) is 11.1. The Hall–Kier alpha value is -3.43. The summed E-state index contributed by atoms with van der Waals surface area (Å²) in [7, 11) is 0. The first-order valence-electron chi connectivity index (χ1n) is 11.1. The van der Waals surface area contributed by atoms with Crippen molar-refractivity contribution >= 4 is 23.2 Å². The van der Waals surface area contributed by atoms with E-state index >= 15 is 0 Å². The number of ether oxygens (including phenoxy) is 1. The minimum atomic E-state index is 0.0470. The molecule has 1 aliphatic carbocycles. The average molecular weight is 433 g/mol. The van der Waals surface area contributed by atoms with Gasteiger partial charge in [0, 0.05) is 42.0 Å². The van der Waals surface area contributed by atoms with Gasteiger partial charge in [-0.15, -0.1) is 0 Å². The van der Waals surface area contributed by atoms with Crippen molar-refractivity contribution in [1.82, 2.24) is 15.1 Å². The number of carbonyl (C=O) groups excluding carboxylic acids is 1. The van der Waals surface area contributed by atoms with Crippen molar-refractivity contribution < 1.29 is 14.4 Å². The molecule has 32 heavy (non-hydrogen) atoms. The lowest BCUT2D eigenvalue weighted by atomic mass is 10.1. The Morgan fingerprint density at radius 2 is 2.09 bits per heavy atom. The molecule has 1 amide bonds. The van der Waals surface area contributed by atoms with Crippen LogP contribution in [0.2, 0.25) is 0 Å². The van der Waals surface area contributed by atoms with Gasteiger partial charge in [-0.25, -0.2) is 9.89 Å². The molecule has 2 fully saturated rings. The van der Waals surface area contributed by atoms with Gasteiger partial charge >= 0.3 is 0 Å². The first-order valence-corrected chi connectivity index (χ1v) is 11.1. The zero-order chi connectivity index (χ0) is 21.5. The fourth-order valence-corrected chi connectivity index (χ4v) is 4.35. The Bertz CT molecular complexity index is 1120. The van der Waals surface area contributed by atoms with E-state index in [-0.39, 0.29) is 5.91 Å². The van der Waals surface area contributed by atoms with E-state index < -0.39 is 0 Å². The number of H-pyrrole nitrogens is 1. The highest BCUT2D eigenvalue weighted by Gasteiger charge is 2.33. The number of nitrogens with one attached hydrogen (secondary N) is 3. The Kier molecular flexibility index (Phi) is 4.77. The van der Waals surface area contributed by atoms with Crippen LogP contribution >= 0.6 is 0 Å². The predicted molar refractivity (Wildman–Crippen MR) is 120 cm³/mol. The lowest BCUT2D eigenvalue weighted by Gasteiger charge is -2.30. The quantitative estimate of drug-likeness (QED) is 0.662. The van der Waals surface area contributed by atoms with Gasteiger partial charge in [0.15, 0.2) is 5.82 Å². The molecule has 6 rings (SSSR count). The van der Waals surface area contributed by atoms with E-state index in [0.29, 0.717) is 44.3 Å². The van der Waals surface area contributed by atoms with E-state index in [1.807, 2.05) is 41.6 Å². The van der Waals surface area contributed by atoms with Crippen LogP contribution in [0.25, 0.3) is 0 Å². The third-order valence-electron chi connectivity index (χ3n) is 6.28. The number of nitrogens with zero attached hydrogens (tertiary/aromatic N) is 4. The summed E-state index contributed by atoms with van der Waals surface area (Å²) in [6, 6.07) is 9.89. The molecule has 0 spiro atoms. The van der Waals surface area contributed by atoms with Crippen LogP contribution in [0.5, 0.6) is 0 Å². The summed E-state index contributed by atoms with van der Waals surface area (Å²) < 4.78 is 5.38. The molecule has 2 aromatic rings. The van der Waals surface area contributed by atoms with E-state index in [2.05, 4.69) is 37.7 Å².